The van der Waals surface area contributed by atoms with E-state index in [-0.39, 0.29) is 11.5 Å². The second kappa shape index (κ2) is 7.74. The van der Waals surface area contributed by atoms with Gasteiger partial charge in [-0.05, 0) is 48.6 Å². The standard InChI is InChI=1S/C20H26N2O3/c1-13(16-7-5-9-20(23)22-16)12-21-17-8-4-6-14-10-18(24-2)19(25-3)11-15(14)17/h5,7,9-11,13,17,21H,4,6,8,12H2,1-3H3,(H,22,23). The van der Waals surface area contributed by atoms with Gasteiger partial charge in [-0.3, -0.25) is 4.79 Å². The molecule has 0 aliphatic heterocycles. The number of ether oxygens (including phenoxy) is 2. The highest BCUT2D eigenvalue weighted by atomic mass is 16.5. The Labute approximate surface area is 148 Å². The first-order valence-corrected chi connectivity index (χ1v) is 8.79. The van der Waals surface area contributed by atoms with E-state index < -0.39 is 0 Å². The van der Waals surface area contributed by atoms with Crippen molar-refractivity contribution in [3.05, 3.63) is 57.5 Å². The summed E-state index contributed by atoms with van der Waals surface area (Å²) in [6.45, 7) is 2.93. The van der Waals surface area contributed by atoms with E-state index in [1.807, 2.05) is 6.07 Å². The SMILES string of the molecule is COc1cc2c(cc1OC)C(NCC(C)c1cccc(=O)[nH]1)CCC2. The topological polar surface area (TPSA) is 63.4 Å². The molecule has 3 rings (SSSR count). The van der Waals surface area contributed by atoms with Crippen LogP contribution in [0.4, 0.5) is 0 Å². The number of benzene rings is 1. The van der Waals surface area contributed by atoms with Gasteiger partial charge >= 0.3 is 0 Å². The largest absolute Gasteiger partial charge is 0.493 e. The Morgan fingerprint density at radius 1 is 1.24 bits per heavy atom. The molecule has 2 aromatic rings. The highest BCUT2D eigenvalue weighted by Gasteiger charge is 2.23. The zero-order valence-electron chi connectivity index (χ0n) is 15.1. The summed E-state index contributed by atoms with van der Waals surface area (Å²) in [4.78, 5) is 14.4. The highest BCUT2D eigenvalue weighted by Crippen LogP contribution is 2.38. The van der Waals surface area contributed by atoms with Crippen LogP contribution in [-0.2, 0) is 6.42 Å². The molecular formula is C20H26N2O3. The minimum Gasteiger partial charge on any atom is -0.493 e. The average Bonchev–Trinajstić information content (AvgIpc) is 2.64. The predicted octanol–water partition coefficient (Wildman–Crippen LogP) is 3.16. The summed E-state index contributed by atoms with van der Waals surface area (Å²) >= 11 is 0. The van der Waals surface area contributed by atoms with E-state index in [1.54, 1.807) is 26.4 Å². The second-order valence-corrected chi connectivity index (χ2v) is 6.63. The normalized spacial score (nSPS) is 17.6. The predicted molar refractivity (Wildman–Crippen MR) is 98.7 cm³/mol. The van der Waals surface area contributed by atoms with Gasteiger partial charge in [-0.15, -0.1) is 0 Å². The number of hydrogen-bond acceptors (Lipinski definition) is 4. The lowest BCUT2D eigenvalue weighted by atomic mass is 9.87. The van der Waals surface area contributed by atoms with Crippen molar-refractivity contribution in [1.82, 2.24) is 10.3 Å². The van der Waals surface area contributed by atoms with E-state index in [2.05, 4.69) is 29.4 Å². The molecule has 0 bridgehead atoms. The third kappa shape index (κ3) is 3.87. The lowest BCUT2D eigenvalue weighted by Crippen LogP contribution is -2.29. The molecule has 5 nitrogen and oxygen atoms in total. The second-order valence-electron chi connectivity index (χ2n) is 6.63. The molecule has 1 aromatic carbocycles. The van der Waals surface area contributed by atoms with Crippen LogP contribution in [0.3, 0.4) is 0 Å². The number of fused-ring (bicyclic) bond motifs is 1. The number of aryl methyl sites for hydroxylation is 1. The Balaban J connectivity index is 1.75. The average molecular weight is 342 g/mol. The van der Waals surface area contributed by atoms with Crippen LogP contribution >= 0.6 is 0 Å². The zero-order chi connectivity index (χ0) is 17.8. The molecule has 2 unspecified atom stereocenters. The van der Waals surface area contributed by atoms with Crippen LogP contribution in [-0.4, -0.2) is 25.7 Å². The zero-order valence-corrected chi connectivity index (χ0v) is 15.1. The van der Waals surface area contributed by atoms with Gasteiger partial charge in [-0.1, -0.05) is 13.0 Å². The van der Waals surface area contributed by atoms with Crippen LogP contribution in [0, 0.1) is 0 Å². The lowest BCUT2D eigenvalue weighted by molar-refractivity contribution is 0.351. The van der Waals surface area contributed by atoms with Crippen LogP contribution in [0.25, 0.3) is 0 Å². The molecule has 5 heteroatoms. The van der Waals surface area contributed by atoms with Crippen molar-refractivity contribution in [3.63, 3.8) is 0 Å². The molecule has 0 amide bonds. The van der Waals surface area contributed by atoms with Gasteiger partial charge in [0, 0.05) is 30.3 Å². The van der Waals surface area contributed by atoms with E-state index in [4.69, 9.17) is 9.47 Å². The summed E-state index contributed by atoms with van der Waals surface area (Å²) < 4.78 is 10.9. The lowest BCUT2D eigenvalue weighted by Gasteiger charge is -2.29. The molecule has 134 valence electrons. The minimum absolute atomic E-state index is 0.0517. The summed E-state index contributed by atoms with van der Waals surface area (Å²) in [7, 11) is 3.34. The summed E-state index contributed by atoms with van der Waals surface area (Å²) in [6.07, 6.45) is 3.31. The number of methoxy groups -OCH3 is 2. The van der Waals surface area contributed by atoms with Gasteiger partial charge in [0.05, 0.1) is 14.2 Å². The Hall–Kier alpha value is -2.27. The van der Waals surface area contributed by atoms with Crippen molar-refractivity contribution in [3.8, 4) is 11.5 Å². The first-order valence-electron chi connectivity index (χ1n) is 8.79. The molecule has 1 heterocycles. The van der Waals surface area contributed by atoms with Crippen molar-refractivity contribution >= 4 is 0 Å². The van der Waals surface area contributed by atoms with Gasteiger partial charge in [0.15, 0.2) is 11.5 Å². The van der Waals surface area contributed by atoms with E-state index in [0.717, 1.165) is 43.0 Å². The minimum atomic E-state index is -0.0517. The summed E-state index contributed by atoms with van der Waals surface area (Å²) in [6, 6.07) is 9.80. The van der Waals surface area contributed by atoms with Gasteiger partial charge in [0.1, 0.15) is 0 Å². The Morgan fingerprint density at radius 2 is 2.00 bits per heavy atom. The smallest absolute Gasteiger partial charge is 0.248 e. The van der Waals surface area contributed by atoms with Crippen LogP contribution in [0.2, 0.25) is 0 Å². The summed E-state index contributed by atoms with van der Waals surface area (Å²) in [5.41, 5.74) is 3.52. The third-order valence-electron chi connectivity index (χ3n) is 4.95. The Kier molecular flexibility index (Phi) is 5.43. The number of pyridine rings is 1. The molecule has 1 aliphatic carbocycles. The molecule has 0 radical (unpaired) electrons. The van der Waals surface area contributed by atoms with Crippen LogP contribution in [0.5, 0.6) is 11.5 Å². The van der Waals surface area contributed by atoms with Crippen molar-refractivity contribution in [2.24, 2.45) is 0 Å². The van der Waals surface area contributed by atoms with Gasteiger partial charge in [-0.25, -0.2) is 0 Å². The summed E-state index contributed by atoms with van der Waals surface area (Å²) in [5.74, 6) is 1.80. The Bertz CT molecular complexity index is 785. The molecule has 0 fully saturated rings. The molecule has 0 spiro atoms. The van der Waals surface area contributed by atoms with Crippen LogP contribution < -0.4 is 20.3 Å². The fourth-order valence-corrected chi connectivity index (χ4v) is 3.52. The van der Waals surface area contributed by atoms with Crippen LogP contribution in [0.15, 0.2) is 35.1 Å². The van der Waals surface area contributed by atoms with Crippen LogP contribution in [0.1, 0.15) is 48.5 Å². The monoisotopic (exact) mass is 342 g/mol. The van der Waals surface area contributed by atoms with Gasteiger partial charge < -0.3 is 19.8 Å². The van der Waals surface area contributed by atoms with Crippen molar-refractivity contribution in [1.29, 1.82) is 0 Å². The molecule has 0 saturated heterocycles. The molecule has 2 atom stereocenters. The first-order chi connectivity index (χ1) is 12.1. The van der Waals surface area contributed by atoms with Gasteiger partial charge in [0.25, 0.3) is 0 Å². The number of aromatic amines is 1. The highest BCUT2D eigenvalue weighted by molar-refractivity contribution is 5.49. The van der Waals surface area contributed by atoms with Crippen molar-refractivity contribution < 1.29 is 9.47 Å². The maximum absolute atomic E-state index is 11.5. The fourth-order valence-electron chi connectivity index (χ4n) is 3.52. The maximum Gasteiger partial charge on any atom is 0.248 e. The molecule has 1 aliphatic rings. The van der Waals surface area contributed by atoms with Crippen molar-refractivity contribution in [2.75, 3.05) is 20.8 Å². The molecule has 2 N–H and O–H groups in total. The number of nitrogens with one attached hydrogen (secondary N) is 2. The Morgan fingerprint density at radius 3 is 2.72 bits per heavy atom. The van der Waals surface area contributed by atoms with Gasteiger partial charge in [0.2, 0.25) is 5.56 Å². The van der Waals surface area contributed by atoms with E-state index in [9.17, 15) is 4.79 Å². The number of aromatic nitrogens is 1. The van der Waals surface area contributed by atoms with Crippen molar-refractivity contribution in [2.45, 2.75) is 38.1 Å². The van der Waals surface area contributed by atoms with E-state index in [1.165, 1.54) is 11.1 Å². The van der Waals surface area contributed by atoms with E-state index >= 15 is 0 Å². The molecule has 1 aromatic heterocycles. The maximum atomic E-state index is 11.5. The first kappa shape index (κ1) is 17.5. The van der Waals surface area contributed by atoms with Gasteiger partial charge in [-0.2, -0.15) is 0 Å². The number of hydrogen-bond donors (Lipinski definition) is 2. The van der Waals surface area contributed by atoms with E-state index in [0.29, 0.717) is 6.04 Å². The molecule has 0 saturated carbocycles. The fraction of sp³-hybridized carbons (Fsp3) is 0.450. The molecular weight excluding hydrogens is 316 g/mol. The molecule has 25 heavy (non-hydrogen) atoms. The summed E-state index contributed by atoms with van der Waals surface area (Å²) in [5, 5.41) is 3.67. The number of rotatable bonds is 6. The third-order valence-corrected chi connectivity index (χ3v) is 4.95. The quantitative estimate of drug-likeness (QED) is 0.846. The number of H-pyrrole nitrogens is 1.